The Labute approximate surface area is 287 Å². The Kier molecular flexibility index (Phi) is 7.99. The minimum absolute atomic E-state index is 0.206. The van der Waals surface area contributed by atoms with Gasteiger partial charge in [0.1, 0.15) is 0 Å². The van der Waals surface area contributed by atoms with Gasteiger partial charge in [0.2, 0.25) is 0 Å². The van der Waals surface area contributed by atoms with Crippen LogP contribution in [0.5, 0.6) is 0 Å². The predicted octanol–water partition coefficient (Wildman–Crippen LogP) is 11.4. The molecule has 0 saturated heterocycles. The number of benzene rings is 2. The second-order valence-corrected chi connectivity index (χ2v) is 26.6. The number of nitrogens with zero attached hydrogens (tertiary/aromatic N) is 2. The van der Waals surface area contributed by atoms with Crippen LogP contribution in [0.25, 0.3) is 21.8 Å². The fourth-order valence-electron chi connectivity index (χ4n) is 10.1. The van der Waals surface area contributed by atoms with Crippen LogP contribution in [0, 0.1) is 29.6 Å². The van der Waals surface area contributed by atoms with Crippen molar-refractivity contribution in [1.29, 1.82) is 0 Å². The normalized spacial score (nSPS) is 28.1. The van der Waals surface area contributed by atoms with E-state index < -0.39 is 13.2 Å². The number of aromatic nitrogens is 2. The quantitative estimate of drug-likeness (QED) is 0.144. The maximum absolute atomic E-state index is 5.44. The molecule has 5 heteroatoms. The van der Waals surface area contributed by atoms with E-state index in [4.69, 9.17) is 9.97 Å². The van der Waals surface area contributed by atoms with Crippen LogP contribution in [-0.2, 0) is 5.16 Å². The maximum atomic E-state index is 5.44. The SMILES string of the molecule is CC(C)(C)P(CC1C=C([Si](C)(C)C)C=C1C(P)(c1ccc2ccccc2n1)c1ccc2ccccc2n1)C1C2CC3CC(C2)CC1C3. The molecule has 0 aliphatic heterocycles. The summed E-state index contributed by atoms with van der Waals surface area (Å²) in [7, 11) is 1.57. The first-order valence-corrected chi connectivity index (χ1v) is 23.8. The monoisotopic (exact) mass is 674 g/mol. The molecule has 0 amide bonds. The second kappa shape index (κ2) is 11.7. The van der Waals surface area contributed by atoms with Gasteiger partial charge in [-0.2, -0.15) is 0 Å². The van der Waals surface area contributed by atoms with Crippen molar-refractivity contribution < 1.29 is 0 Å². The highest BCUT2D eigenvalue weighted by atomic mass is 31.1. The molecule has 5 aliphatic rings. The van der Waals surface area contributed by atoms with Crippen molar-refractivity contribution in [3.63, 3.8) is 0 Å². The van der Waals surface area contributed by atoms with Crippen molar-refractivity contribution in [2.75, 3.05) is 6.16 Å². The first-order valence-electron chi connectivity index (χ1n) is 18.1. The molecule has 4 saturated carbocycles. The fraction of sp³-hybridized carbons (Fsp3) is 0.476. The lowest BCUT2D eigenvalue weighted by atomic mass is 9.56. The Balaban J connectivity index is 1.28. The van der Waals surface area contributed by atoms with Crippen LogP contribution in [0.3, 0.4) is 0 Å². The van der Waals surface area contributed by atoms with Crippen molar-refractivity contribution in [1.82, 2.24) is 9.97 Å². The second-order valence-electron chi connectivity index (χ2n) is 17.4. The van der Waals surface area contributed by atoms with Gasteiger partial charge in [-0.1, -0.05) is 114 Å². The topological polar surface area (TPSA) is 25.8 Å². The van der Waals surface area contributed by atoms with Gasteiger partial charge in [-0.05, 0) is 103 Å². The van der Waals surface area contributed by atoms with E-state index in [1.54, 1.807) is 5.20 Å². The van der Waals surface area contributed by atoms with E-state index >= 15 is 0 Å². The average molecular weight is 675 g/mol. The number of fused-ring (bicyclic) bond motifs is 2. The molecule has 5 aliphatic carbocycles. The molecule has 3 atom stereocenters. The van der Waals surface area contributed by atoms with Gasteiger partial charge in [-0.25, -0.2) is 0 Å². The zero-order valence-electron chi connectivity index (χ0n) is 29.2. The molecule has 0 radical (unpaired) electrons. The minimum Gasteiger partial charge on any atom is -0.251 e. The minimum atomic E-state index is -1.60. The Morgan fingerprint density at radius 2 is 1.23 bits per heavy atom. The Morgan fingerprint density at radius 3 is 1.72 bits per heavy atom. The number of hydrogen-bond acceptors (Lipinski definition) is 2. The van der Waals surface area contributed by atoms with Crippen molar-refractivity contribution in [3.8, 4) is 0 Å². The molecule has 9 rings (SSSR count). The van der Waals surface area contributed by atoms with Gasteiger partial charge in [0.25, 0.3) is 0 Å². The van der Waals surface area contributed by atoms with Gasteiger partial charge in [0.15, 0.2) is 0 Å². The first-order chi connectivity index (χ1) is 22.4. The number of allylic oxidation sites excluding steroid dienone is 4. The molecule has 4 fully saturated rings. The Morgan fingerprint density at radius 1 is 0.723 bits per heavy atom. The zero-order valence-corrected chi connectivity index (χ0v) is 32.3. The predicted molar refractivity (Wildman–Crippen MR) is 209 cm³/mol. The summed E-state index contributed by atoms with van der Waals surface area (Å²) < 4.78 is 0. The van der Waals surface area contributed by atoms with Gasteiger partial charge in [0.05, 0.1) is 35.7 Å². The van der Waals surface area contributed by atoms with Crippen molar-refractivity contribution in [2.24, 2.45) is 29.6 Å². The molecule has 2 nitrogen and oxygen atoms in total. The van der Waals surface area contributed by atoms with Crippen LogP contribution in [0.15, 0.2) is 95.7 Å². The summed E-state index contributed by atoms with van der Waals surface area (Å²) in [6, 6.07) is 26.2. The van der Waals surface area contributed by atoms with E-state index in [-0.39, 0.29) is 7.92 Å². The molecule has 2 heterocycles. The number of hydrogen-bond donors (Lipinski definition) is 0. The van der Waals surface area contributed by atoms with Crippen LogP contribution in [0.2, 0.25) is 19.6 Å². The number of rotatable bonds is 7. The highest BCUT2D eigenvalue weighted by Gasteiger charge is 2.53. The molecule has 2 aromatic heterocycles. The average Bonchev–Trinajstić information content (AvgIpc) is 3.48. The molecule has 3 unspecified atom stereocenters. The van der Waals surface area contributed by atoms with Gasteiger partial charge in [-0.15, -0.1) is 9.24 Å². The van der Waals surface area contributed by atoms with E-state index in [9.17, 15) is 0 Å². The summed E-state index contributed by atoms with van der Waals surface area (Å²) in [6.45, 7) is 15.3. The van der Waals surface area contributed by atoms with Crippen LogP contribution >= 0.6 is 17.2 Å². The van der Waals surface area contributed by atoms with E-state index in [0.717, 1.165) is 51.8 Å². The summed E-state index contributed by atoms with van der Waals surface area (Å²) in [6.07, 6.45) is 14.2. The number of para-hydroxylation sites is 2. The van der Waals surface area contributed by atoms with Crippen molar-refractivity contribution in [2.45, 2.75) is 88.5 Å². The van der Waals surface area contributed by atoms with Crippen LogP contribution in [0.4, 0.5) is 0 Å². The molecule has 0 spiro atoms. The molecular weight excluding hydrogens is 623 g/mol. The van der Waals surface area contributed by atoms with Gasteiger partial charge < -0.3 is 0 Å². The molecule has 4 bridgehead atoms. The lowest BCUT2D eigenvalue weighted by Gasteiger charge is -2.59. The summed E-state index contributed by atoms with van der Waals surface area (Å²) >= 11 is 0. The van der Waals surface area contributed by atoms with Crippen LogP contribution < -0.4 is 0 Å². The van der Waals surface area contributed by atoms with E-state index in [1.165, 1.54) is 54.6 Å². The van der Waals surface area contributed by atoms with E-state index in [0.29, 0.717) is 11.1 Å². The largest absolute Gasteiger partial charge is 0.251 e. The summed E-state index contributed by atoms with van der Waals surface area (Å²) in [5.74, 6) is 4.33. The van der Waals surface area contributed by atoms with Crippen molar-refractivity contribution >= 4 is 47.0 Å². The molecule has 4 aromatic rings. The molecular formula is C42H52N2P2Si. The summed E-state index contributed by atoms with van der Waals surface area (Å²) in [5, 5.41) is 3.76. The Bertz CT molecular complexity index is 1790. The Hall–Kier alpha value is -2.18. The standard InChI is InChI=1S/C42H52N2P2Si/c1-41(2,3)46(40-31-20-27-19-28(22-31)23-32(40)21-27)26-33-24-34(47(4,5)6)25-35(33)42(45,38-17-15-29-11-7-9-13-36(29)43-38)39-18-16-30-12-8-10-14-37(30)44-39/h7-18,24-25,27-28,31-33,40H,19-23,26,45H2,1-6H3. The molecule has 244 valence electrons. The molecule has 0 N–H and O–H groups in total. The molecule has 2 aromatic carbocycles. The zero-order chi connectivity index (χ0) is 32.7. The van der Waals surface area contributed by atoms with E-state index in [2.05, 4.69) is 135 Å². The van der Waals surface area contributed by atoms with Gasteiger partial charge >= 0.3 is 0 Å². The third-order valence-electron chi connectivity index (χ3n) is 12.2. The highest BCUT2D eigenvalue weighted by molar-refractivity contribution is 7.60. The smallest absolute Gasteiger partial charge is 0.0902 e. The van der Waals surface area contributed by atoms with Gasteiger partial charge in [0, 0.05) is 16.7 Å². The lowest BCUT2D eigenvalue weighted by Crippen LogP contribution is -2.49. The first kappa shape index (κ1) is 32.0. The third-order valence-corrected chi connectivity index (χ3v) is 19.3. The lowest BCUT2D eigenvalue weighted by molar-refractivity contribution is 0.0242. The number of pyridine rings is 2. The van der Waals surface area contributed by atoms with Crippen molar-refractivity contribution in [3.05, 3.63) is 107 Å². The summed E-state index contributed by atoms with van der Waals surface area (Å²) in [5.41, 5.74) is 6.68. The summed E-state index contributed by atoms with van der Waals surface area (Å²) in [4.78, 5) is 10.9. The van der Waals surface area contributed by atoms with E-state index in [1.807, 2.05) is 0 Å². The van der Waals surface area contributed by atoms with Crippen LogP contribution in [-0.4, -0.2) is 35.0 Å². The van der Waals surface area contributed by atoms with Crippen LogP contribution in [0.1, 0.15) is 64.3 Å². The molecule has 47 heavy (non-hydrogen) atoms. The fourth-order valence-corrected chi connectivity index (χ4v) is 15.9. The van der Waals surface area contributed by atoms with Gasteiger partial charge in [-0.3, -0.25) is 9.97 Å². The highest BCUT2D eigenvalue weighted by Crippen LogP contribution is 2.69. The third kappa shape index (κ3) is 5.71. The maximum Gasteiger partial charge on any atom is 0.0902 e.